The van der Waals surface area contributed by atoms with Crippen LogP contribution < -0.4 is 10.9 Å². The molecule has 0 saturated carbocycles. The Morgan fingerprint density at radius 3 is 2.56 bits per heavy atom. The van der Waals surface area contributed by atoms with E-state index >= 15 is 0 Å². The van der Waals surface area contributed by atoms with E-state index in [-0.39, 0.29) is 30.5 Å². The number of benzene rings is 1. The molecule has 0 fully saturated rings. The Bertz CT molecular complexity index is 784. The molecule has 0 saturated heterocycles. The second kappa shape index (κ2) is 8.82. The van der Waals surface area contributed by atoms with Crippen molar-refractivity contribution in [2.75, 3.05) is 0 Å². The number of pyridine rings is 1. The second-order valence-corrected chi connectivity index (χ2v) is 6.06. The predicted molar refractivity (Wildman–Crippen MR) is 94.4 cm³/mol. The molecule has 0 radical (unpaired) electrons. The van der Waals surface area contributed by atoms with Crippen LogP contribution in [0.1, 0.15) is 24.0 Å². The van der Waals surface area contributed by atoms with Crippen molar-refractivity contribution in [3.05, 3.63) is 70.1 Å². The first kappa shape index (κ1) is 18.4. The quantitative estimate of drug-likeness (QED) is 0.765. The van der Waals surface area contributed by atoms with Gasteiger partial charge in [-0.15, -0.1) is 0 Å². The van der Waals surface area contributed by atoms with Crippen LogP contribution in [0.4, 0.5) is 0 Å². The molecule has 1 heterocycles. The monoisotopic (exact) mass is 342 g/mol. The average Bonchev–Trinajstić information content (AvgIpc) is 2.56. The Morgan fingerprint density at radius 2 is 1.92 bits per heavy atom. The van der Waals surface area contributed by atoms with Crippen molar-refractivity contribution in [3.8, 4) is 0 Å². The first-order valence-electron chi connectivity index (χ1n) is 8.16. The SMILES string of the molecule is Cc1ccn(CC(=O)NC(CCC(=O)O)Cc2ccccc2)c(=O)c1. The molecule has 1 aromatic carbocycles. The van der Waals surface area contributed by atoms with Crippen LogP contribution in [-0.4, -0.2) is 27.6 Å². The molecule has 6 nitrogen and oxygen atoms in total. The van der Waals surface area contributed by atoms with Crippen molar-refractivity contribution in [2.24, 2.45) is 0 Å². The molecule has 1 atom stereocenters. The molecule has 0 aliphatic heterocycles. The summed E-state index contributed by atoms with van der Waals surface area (Å²) in [5.41, 5.74) is 1.62. The standard InChI is InChI=1S/C19H22N2O4/c1-14-9-10-21(18(23)11-14)13-17(22)20-16(7-8-19(24)25)12-15-5-3-2-4-6-15/h2-6,9-11,16H,7-8,12-13H2,1H3,(H,20,22)(H,24,25). The van der Waals surface area contributed by atoms with Gasteiger partial charge >= 0.3 is 5.97 Å². The highest BCUT2D eigenvalue weighted by molar-refractivity contribution is 5.76. The van der Waals surface area contributed by atoms with Gasteiger partial charge in [-0.05, 0) is 37.0 Å². The maximum atomic E-state index is 12.3. The first-order valence-corrected chi connectivity index (χ1v) is 8.16. The summed E-state index contributed by atoms with van der Waals surface area (Å²) in [5, 5.41) is 11.8. The number of aliphatic carboxylic acids is 1. The molecule has 1 aromatic heterocycles. The molecule has 132 valence electrons. The fourth-order valence-electron chi connectivity index (χ4n) is 2.59. The summed E-state index contributed by atoms with van der Waals surface area (Å²) >= 11 is 0. The number of aryl methyl sites for hydroxylation is 1. The zero-order chi connectivity index (χ0) is 18.2. The number of rotatable bonds is 8. The van der Waals surface area contributed by atoms with Gasteiger partial charge < -0.3 is 15.0 Å². The van der Waals surface area contributed by atoms with E-state index in [0.29, 0.717) is 12.8 Å². The number of hydrogen-bond acceptors (Lipinski definition) is 3. The van der Waals surface area contributed by atoms with E-state index in [1.54, 1.807) is 12.3 Å². The second-order valence-electron chi connectivity index (χ2n) is 6.06. The zero-order valence-corrected chi connectivity index (χ0v) is 14.1. The summed E-state index contributed by atoms with van der Waals surface area (Å²) in [4.78, 5) is 35.0. The lowest BCUT2D eigenvalue weighted by molar-refractivity contribution is -0.137. The molecule has 2 rings (SSSR count). The minimum Gasteiger partial charge on any atom is -0.481 e. The van der Waals surface area contributed by atoms with Crippen molar-refractivity contribution < 1.29 is 14.7 Å². The topological polar surface area (TPSA) is 88.4 Å². The summed E-state index contributed by atoms with van der Waals surface area (Å²) in [7, 11) is 0. The van der Waals surface area contributed by atoms with Crippen LogP contribution in [0.3, 0.4) is 0 Å². The Morgan fingerprint density at radius 1 is 1.20 bits per heavy atom. The number of nitrogens with zero attached hydrogens (tertiary/aromatic N) is 1. The maximum Gasteiger partial charge on any atom is 0.303 e. The molecule has 0 bridgehead atoms. The van der Waals surface area contributed by atoms with E-state index in [4.69, 9.17) is 5.11 Å². The molecule has 1 unspecified atom stereocenters. The number of hydrogen-bond donors (Lipinski definition) is 2. The third-order valence-electron chi connectivity index (χ3n) is 3.86. The summed E-state index contributed by atoms with van der Waals surface area (Å²) in [5.74, 6) is -1.21. The fraction of sp³-hybridized carbons (Fsp3) is 0.316. The summed E-state index contributed by atoms with van der Waals surface area (Å²) in [6.07, 6.45) is 2.43. The van der Waals surface area contributed by atoms with Crippen LogP contribution in [-0.2, 0) is 22.6 Å². The third-order valence-corrected chi connectivity index (χ3v) is 3.86. The van der Waals surface area contributed by atoms with Crippen LogP contribution in [0, 0.1) is 6.92 Å². The molecule has 2 aromatic rings. The summed E-state index contributed by atoms with van der Waals surface area (Å²) in [6.45, 7) is 1.73. The van der Waals surface area contributed by atoms with Crippen molar-refractivity contribution in [1.82, 2.24) is 9.88 Å². The van der Waals surface area contributed by atoms with E-state index in [9.17, 15) is 14.4 Å². The maximum absolute atomic E-state index is 12.3. The normalized spacial score (nSPS) is 11.7. The first-order chi connectivity index (χ1) is 11.9. The minimum absolute atomic E-state index is 0.0255. The van der Waals surface area contributed by atoms with Crippen LogP contribution in [0.5, 0.6) is 0 Å². The predicted octanol–water partition coefficient (Wildman–Crippen LogP) is 1.75. The lowest BCUT2D eigenvalue weighted by atomic mass is 10.0. The largest absolute Gasteiger partial charge is 0.481 e. The molecular formula is C19H22N2O4. The van der Waals surface area contributed by atoms with Crippen molar-refractivity contribution in [2.45, 2.75) is 38.8 Å². The lowest BCUT2D eigenvalue weighted by Crippen LogP contribution is -2.40. The smallest absolute Gasteiger partial charge is 0.303 e. The van der Waals surface area contributed by atoms with Gasteiger partial charge in [0.25, 0.3) is 5.56 Å². The Labute approximate surface area is 146 Å². The molecule has 6 heteroatoms. The van der Waals surface area contributed by atoms with Gasteiger partial charge in [-0.3, -0.25) is 14.4 Å². The molecular weight excluding hydrogens is 320 g/mol. The molecule has 25 heavy (non-hydrogen) atoms. The number of carbonyl (C=O) groups excluding carboxylic acids is 1. The van der Waals surface area contributed by atoms with E-state index in [2.05, 4.69) is 5.32 Å². The highest BCUT2D eigenvalue weighted by Crippen LogP contribution is 2.08. The Balaban J connectivity index is 2.02. The van der Waals surface area contributed by atoms with Gasteiger partial charge in [0.05, 0.1) is 0 Å². The van der Waals surface area contributed by atoms with Crippen LogP contribution >= 0.6 is 0 Å². The highest BCUT2D eigenvalue weighted by atomic mass is 16.4. The average molecular weight is 342 g/mol. The van der Waals surface area contributed by atoms with E-state index < -0.39 is 5.97 Å². The Hall–Kier alpha value is -2.89. The molecule has 2 N–H and O–H groups in total. The van der Waals surface area contributed by atoms with Gasteiger partial charge in [0, 0.05) is 24.7 Å². The number of carbonyl (C=O) groups is 2. The van der Waals surface area contributed by atoms with E-state index in [0.717, 1.165) is 11.1 Å². The van der Waals surface area contributed by atoms with Gasteiger partial charge in [0.1, 0.15) is 6.54 Å². The summed E-state index contributed by atoms with van der Waals surface area (Å²) in [6, 6.07) is 12.5. The fourth-order valence-corrected chi connectivity index (χ4v) is 2.59. The van der Waals surface area contributed by atoms with Gasteiger partial charge in [0.2, 0.25) is 5.91 Å². The van der Waals surface area contributed by atoms with Crippen molar-refractivity contribution in [3.63, 3.8) is 0 Å². The zero-order valence-electron chi connectivity index (χ0n) is 14.1. The Kier molecular flexibility index (Phi) is 6.51. The number of amides is 1. The van der Waals surface area contributed by atoms with Gasteiger partial charge in [-0.1, -0.05) is 30.3 Å². The number of carboxylic acid groups (broad SMARTS) is 1. The summed E-state index contributed by atoms with van der Waals surface area (Å²) < 4.78 is 1.33. The minimum atomic E-state index is -0.901. The van der Waals surface area contributed by atoms with Crippen LogP contribution in [0.25, 0.3) is 0 Å². The highest BCUT2D eigenvalue weighted by Gasteiger charge is 2.15. The molecule has 0 aliphatic carbocycles. The van der Waals surface area contributed by atoms with Crippen molar-refractivity contribution >= 4 is 11.9 Å². The molecule has 0 spiro atoms. The van der Waals surface area contributed by atoms with Crippen LogP contribution in [0.15, 0.2) is 53.5 Å². The van der Waals surface area contributed by atoms with Crippen LogP contribution in [0.2, 0.25) is 0 Å². The van der Waals surface area contributed by atoms with Gasteiger partial charge in [-0.2, -0.15) is 0 Å². The third kappa shape index (κ3) is 6.25. The lowest BCUT2D eigenvalue weighted by Gasteiger charge is -2.18. The number of aromatic nitrogens is 1. The molecule has 0 aliphatic rings. The van der Waals surface area contributed by atoms with Crippen molar-refractivity contribution in [1.29, 1.82) is 0 Å². The van der Waals surface area contributed by atoms with E-state index in [1.165, 1.54) is 10.6 Å². The van der Waals surface area contributed by atoms with E-state index in [1.807, 2.05) is 37.3 Å². The number of nitrogens with one attached hydrogen (secondary N) is 1. The van der Waals surface area contributed by atoms with Gasteiger partial charge in [0.15, 0.2) is 0 Å². The van der Waals surface area contributed by atoms with Gasteiger partial charge in [-0.25, -0.2) is 0 Å². The number of carboxylic acids is 1. The molecule has 1 amide bonds.